The third-order valence-electron chi connectivity index (χ3n) is 4.08. The number of hydrogen-bond donors (Lipinski definition) is 1. The Bertz CT molecular complexity index is 956. The largest absolute Gasteiger partial charge is 0.497 e. The van der Waals surface area contributed by atoms with Gasteiger partial charge in [-0.25, -0.2) is 8.78 Å². The van der Waals surface area contributed by atoms with Gasteiger partial charge in [0.25, 0.3) is 0 Å². The van der Waals surface area contributed by atoms with Crippen LogP contribution in [0.25, 0.3) is 10.9 Å². The van der Waals surface area contributed by atoms with Crippen LogP contribution in [-0.4, -0.2) is 30.2 Å². The van der Waals surface area contributed by atoms with Crippen LogP contribution in [0, 0.1) is 11.6 Å². The lowest BCUT2D eigenvalue weighted by atomic mass is 10.2. The van der Waals surface area contributed by atoms with Crippen LogP contribution in [0.15, 0.2) is 48.7 Å². The van der Waals surface area contributed by atoms with Crippen molar-refractivity contribution in [1.82, 2.24) is 9.88 Å². The van der Waals surface area contributed by atoms with Gasteiger partial charge in [0.15, 0.2) is 11.6 Å². The second-order valence-corrected chi connectivity index (χ2v) is 6.22. The van der Waals surface area contributed by atoms with Crippen LogP contribution in [0.1, 0.15) is 6.92 Å². The Morgan fingerprint density at radius 1 is 1.19 bits per heavy atom. The Hall–Kier alpha value is -3.09. The summed E-state index contributed by atoms with van der Waals surface area (Å²) in [6.07, 6.45) is 1.83. The van der Waals surface area contributed by atoms with Crippen molar-refractivity contribution < 1.29 is 23.0 Å². The number of carbonyl (C=O) groups excluding carboxylic acids is 1. The average Bonchev–Trinajstić information content (AvgIpc) is 3.02. The van der Waals surface area contributed by atoms with Gasteiger partial charge >= 0.3 is 0 Å². The number of ether oxygens (including phenoxy) is 2. The number of nitrogens with one attached hydrogen (secondary N) is 1. The number of fused-ring (bicyclic) bond motifs is 1. The summed E-state index contributed by atoms with van der Waals surface area (Å²) >= 11 is 0. The highest BCUT2D eigenvalue weighted by molar-refractivity contribution is 5.84. The summed E-state index contributed by atoms with van der Waals surface area (Å²) in [5, 5.41) is 3.78. The molecule has 1 amide bonds. The maximum absolute atomic E-state index is 13.6. The van der Waals surface area contributed by atoms with E-state index in [1.54, 1.807) is 14.0 Å². The van der Waals surface area contributed by atoms with E-state index in [4.69, 9.17) is 9.47 Å². The number of hydrogen-bond acceptors (Lipinski definition) is 3. The summed E-state index contributed by atoms with van der Waals surface area (Å²) in [6.45, 7) is 1.96. The SMILES string of the molecule is COc1ccc2c(ccn2CC(=O)NC(C)COc2ccc(F)cc2F)c1. The molecule has 1 atom stereocenters. The molecule has 1 aromatic heterocycles. The first-order chi connectivity index (χ1) is 13.0. The molecule has 3 rings (SSSR count). The van der Waals surface area contributed by atoms with Crippen LogP contribution in [0.4, 0.5) is 8.78 Å². The highest BCUT2D eigenvalue weighted by Crippen LogP contribution is 2.22. The molecule has 1 heterocycles. The zero-order chi connectivity index (χ0) is 19.4. The molecular formula is C20H20F2N2O3. The van der Waals surface area contributed by atoms with E-state index in [0.29, 0.717) is 0 Å². The van der Waals surface area contributed by atoms with Crippen LogP contribution >= 0.6 is 0 Å². The first kappa shape index (κ1) is 18.7. The number of nitrogens with zero attached hydrogens (tertiary/aromatic N) is 1. The second kappa shape index (κ2) is 8.07. The molecular weight excluding hydrogens is 354 g/mol. The molecule has 3 aromatic rings. The maximum atomic E-state index is 13.6. The second-order valence-electron chi connectivity index (χ2n) is 6.22. The Balaban J connectivity index is 1.55. The third kappa shape index (κ3) is 4.55. The Morgan fingerprint density at radius 3 is 2.74 bits per heavy atom. The first-order valence-electron chi connectivity index (χ1n) is 8.46. The molecule has 0 saturated carbocycles. The number of methoxy groups -OCH3 is 1. The van der Waals surface area contributed by atoms with Crippen molar-refractivity contribution in [3.8, 4) is 11.5 Å². The molecule has 2 aromatic carbocycles. The number of rotatable bonds is 7. The fourth-order valence-corrected chi connectivity index (χ4v) is 2.77. The van der Waals surface area contributed by atoms with Crippen LogP contribution in [0.2, 0.25) is 0 Å². The van der Waals surface area contributed by atoms with E-state index in [0.717, 1.165) is 28.8 Å². The minimum Gasteiger partial charge on any atom is -0.497 e. The van der Waals surface area contributed by atoms with E-state index < -0.39 is 11.6 Å². The lowest BCUT2D eigenvalue weighted by Crippen LogP contribution is -2.38. The number of aromatic nitrogens is 1. The molecule has 142 valence electrons. The van der Waals surface area contributed by atoms with E-state index >= 15 is 0 Å². The van der Waals surface area contributed by atoms with Gasteiger partial charge in [0.05, 0.1) is 13.2 Å². The standard InChI is InChI=1S/C20H20F2N2O3/c1-13(12-27-19-6-3-15(21)10-17(19)22)23-20(25)11-24-8-7-14-9-16(26-2)4-5-18(14)24/h3-10,13H,11-12H2,1-2H3,(H,23,25). The lowest BCUT2D eigenvalue weighted by Gasteiger charge is -2.16. The molecule has 0 aliphatic carbocycles. The highest BCUT2D eigenvalue weighted by Gasteiger charge is 2.12. The van der Waals surface area contributed by atoms with Gasteiger partial charge in [-0.15, -0.1) is 0 Å². The summed E-state index contributed by atoms with van der Waals surface area (Å²) in [6, 6.07) is 10.3. The molecule has 1 unspecified atom stereocenters. The van der Waals surface area contributed by atoms with E-state index in [1.807, 2.05) is 35.0 Å². The number of amides is 1. The molecule has 7 heteroatoms. The quantitative estimate of drug-likeness (QED) is 0.689. The Morgan fingerprint density at radius 2 is 2.00 bits per heavy atom. The highest BCUT2D eigenvalue weighted by atomic mass is 19.1. The van der Waals surface area contributed by atoms with Gasteiger partial charge < -0.3 is 19.4 Å². The van der Waals surface area contributed by atoms with Gasteiger partial charge in [-0.05, 0) is 43.3 Å². The van der Waals surface area contributed by atoms with Gasteiger partial charge in [0.1, 0.15) is 24.7 Å². The molecule has 0 aliphatic heterocycles. The van der Waals surface area contributed by atoms with Crippen molar-refractivity contribution >= 4 is 16.8 Å². The summed E-state index contributed by atoms with van der Waals surface area (Å²) in [5.41, 5.74) is 0.920. The summed E-state index contributed by atoms with van der Waals surface area (Å²) in [5.74, 6) is -0.939. The Kier molecular flexibility index (Phi) is 5.59. The summed E-state index contributed by atoms with van der Waals surface area (Å²) < 4.78 is 38.8. The first-order valence-corrected chi connectivity index (χ1v) is 8.46. The predicted molar refractivity (Wildman–Crippen MR) is 97.9 cm³/mol. The van der Waals surface area contributed by atoms with Crippen LogP contribution in [0.5, 0.6) is 11.5 Å². The Labute approximate surface area is 155 Å². The van der Waals surface area contributed by atoms with Gasteiger partial charge in [-0.3, -0.25) is 4.79 Å². The molecule has 1 N–H and O–H groups in total. The zero-order valence-electron chi connectivity index (χ0n) is 15.0. The lowest BCUT2D eigenvalue weighted by molar-refractivity contribution is -0.122. The van der Waals surface area contributed by atoms with Crippen molar-refractivity contribution in [1.29, 1.82) is 0 Å². The number of halogens is 2. The average molecular weight is 374 g/mol. The van der Waals surface area contributed by atoms with E-state index in [1.165, 1.54) is 6.07 Å². The number of benzene rings is 2. The zero-order valence-corrected chi connectivity index (χ0v) is 15.0. The van der Waals surface area contributed by atoms with Gasteiger partial charge in [0.2, 0.25) is 5.91 Å². The normalized spacial score (nSPS) is 12.0. The van der Waals surface area contributed by atoms with Crippen molar-refractivity contribution in [3.05, 3.63) is 60.3 Å². The molecule has 0 aliphatic rings. The molecule has 0 fully saturated rings. The fourth-order valence-electron chi connectivity index (χ4n) is 2.77. The maximum Gasteiger partial charge on any atom is 0.240 e. The predicted octanol–water partition coefficient (Wildman–Crippen LogP) is 3.51. The van der Waals surface area contributed by atoms with Crippen molar-refractivity contribution in [3.63, 3.8) is 0 Å². The van der Waals surface area contributed by atoms with Gasteiger partial charge in [-0.2, -0.15) is 0 Å². The van der Waals surface area contributed by atoms with Crippen molar-refractivity contribution in [2.75, 3.05) is 13.7 Å². The third-order valence-corrected chi connectivity index (χ3v) is 4.08. The summed E-state index contributed by atoms with van der Waals surface area (Å²) in [7, 11) is 1.60. The smallest absolute Gasteiger partial charge is 0.240 e. The molecule has 0 bridgehead atoms. The number of carbonyl (C=O) groups is 1. The molecule has 27 heavy (non-hydrogen) atoms. The van der Waals surface area contributed by atoms with E-state index in [-0.39, 0.29) is 30.9 Å². The fraction of sp³-hybridized carbons (Fsp3) is 0.250. The summed E-state index contributed by atoms with van der Waals surface area (Å²) in [4.78, 5) is 12.3. The van der Waals surface area contributed by atoms with Crippen molar-refractivity contribution in [2.45, 2.75) is 19.5 Å². The van der Waals surface area contributed by atoms with E-state index in [9.17, 15) is 13.6 Å². The van der Waals surface area contributed by atoms with E-state index in [2.05, 4.69) is 5.32 Å². The van der Waals surface area contributed by atoms with Crippen LogP contribution < -0.4 is 14.8 Å². The van der Waals surface area contributed by atoms with Crippen molar-refractivity contribution in [2.24, 2.45) is 0 Å². The minimum absolute atomic E-state index is 0.0529. The molecule has 0 saturated heterocycles. The monoisotopic (exact) mass is 374 g/mol. The topological polar surface area (TPSA) is 52.5 Å². The molecule has 0 spiro atoms. The molecule has 0 radical (unpaired) electrons. The van der Waals surface area contributed by atoms with Gasteiger partial charge in [-0.1, -0.05) is 0 Å². The minimum atomic E-state index is -0.775. The van der Waals surface area contributed by atoms with Gasteiger partial charge in [0, 0.05) is 23.2 Å². The van der Waals surface area contributed by atoms with Crippen LogP contribution in [0.3, 0.4) is 0 Å². The van der Waals surface area contributed by atoms with Crippen LogP contribution in [-0.2, 0) is 11.3 Å². The molecule has 5 nitrogen and oxygen atoms in total.